The molecule has 4 fully saturated rings. The van der Waals surface area contributed by atoms with Gasteiger partial charge in [-0.3, -0.25) is 29.2 Å². The summed E-state index contributed by atoms with van der Waals surface area (Å²) in [6.07, 6.45) is 7.63. The number of nitrogens with one attached hydrogen (secondary N) is 2. The third-order valence-corrected chi connectivity index (χ3v) is 13.2. The van der Waals surface area contributed by atoms with Gasteiger partial charge in [0.1, 0.15) is 4.47 Å². The van der Waals surface area contributed by atoms with Crippen molar-refractivity contribution in [3.63, 3.8) is 0 Å². The van der Waals surface area contributed by atoms with Crippen LogP contribution in [0.5, 0.6) is 0 Å². The number of halogens is 1. The van der Waals surface area contributed by atoms with Crippen LogP contribution in [-0.4, -0.2) is 99.4 Å². The molecule has 4 aliphatic rings. The summed E-state index contributed by atoms with van der Waals surface area (Å²) in [7, 11) is 5.67. The number of carbonyl (C=O) groups is 3. The second kappa shape index (κ2) is 14.6. The van der Waals surface area contributed by atoms with E-state index in [9.17, 15) is 19.2 Å². The molecule has 2 N–H and O–H groups in total. The molecule has 2 aromatic carbocycles. The van der Waals surface area contributed by atoms with Crippen LogP contribution in [0, 0.1) is 5.41 Å². The quantitative estimate of drug-likeness (QED) is 0.273. The second-order valence-corrected chi connectivity index (χ2v) is 16.7. The van der Waals surface area contributed by atoms with Crippen LogP contribution in [0.3, 0.4) is 0 Å². The zero-order valence-electron chi connectivity index (χ0n) is 31.2. The van der Waals surface area contributed by atoms with Gasteiger partial charge in [0.15, 0.2) is 0 Å². The molecule has 54 heavy (non-hydrogen) atoms. The largest absolute Gasteiger partial charge is 0.379 e. The lowest BCUT2D eigenvalue weighted by atomic mass is 9.71. The number of fused-ring (bicyclic) bond motifs is 1. The summed E-state index contributed by atoms with van der Waals surface area (Å²) in [5.41, 5.74) is 5.63. The Labute approximate surface area is 323 Å². The van der Waals surface area contributed by atoms with Crippen molar-refractivity contribution in [2.24, 2.45) is 19.5 Å². The van der Waals surface area contributed by atoms with Gasteiger partial charge in [-0.1, -0.05) is 12.1 Å². The number of likely N-dealkylation sites (tertiary alicyclic amines) is 2. The number of carbonyl (C=O) groups excluding carboxylic acids is 3. The van der Waals surface area contributed by atoms with Crippen LogP contribution in [-0.2, 0) is 23.7 Å². The Morgan fingerprint density at radius 1 is 0.926 bits per heavy atom. The maximum atomic E-state index is 13.7. The number of anilines is 2. The average molecular weight is 799 g/mol. The van der Waals surface area contributed by atoms with Gasteiger partial charge in [-0.05, 0) is 109 Å². The van der Waals surface area contributed by atoms with E-state index in [4.69, 9.17) is 5.10 Å². The number of hydrogen-bond donors (Lipinski definition) is 2. The summed E-state index contributed by atoms with van der Waals surface area (Å²) in [5, 5.41) is 15.8. The van der Waals surface area contributed by atoms with Gasteiger partial charge in [-0.2, -0.15) is 10.2 Å². The van der Waals surface area contributed by atoms with E-state index in [1.54, 1.807) is 13.2 Å². The van der Waals surface area contributed by atoms with E-state index in [0.717, 1.165) is 99.2 Å². The molecule has 6 heterocycles. The van der Waals surface area contributed by atoms with Gasteiger partial charge >= 0.3 is 0 Å². The van der Waals surface area contributed by atoms with E-state index < -0.39 is 5.92 Å². The lowest BCUT2D eigenvalue weighted by Gasteiger charge is -2.47. The van der Waals surface area contributed by atoms with Crippen molar-refractivity contribution in [2.75, 3.05) is 56.5 Å². The van der Waals surface area contributed by atoms with Crippen LogP contribution < -0.4 is 21.1 Å². The first-order valence-corrected chi connectivity index (χ1v) is 19.9. The maximum Gasteiger partial charge on any atom is 0.282 e. The summed E-state index contributed by atoms with van der Waals surface area (Å²) in [5.74, 6) is -0.486. The van der Waals surface area contributed by atoms with Gasteiger partial charge in [0.05, 0.1) is 29.0 Å². The number of likely N-dealkylation sites (N-methyl/N-ethyl adjacent to an activating group) is 1. The molecule has 13 nitrogen and oxygen atoms in total. The first-order chi connectivity index (χ1) is 26.0. The standard InChI is InChI=1S/C40H48BrN9O4/c1-46-23-27(20-28(24-46)43-32-22-42-48(3)39(54)35(32)41)25-4-6-26(7-5-25)38(53)50-18-14-40(15-19-50)12-16-49(17-13-40)29-8-9-30-33(21-29)47(2)45-36(30)31-10-11-34(51)44-37(31)52/h4-9,21-22,27-28,31,43H,10-20,23-24H2,1-3H3,(H,44,51,52). The molecule has 0 aliphatic carbocycles. The molecule has 4 saturated heterocycles. The van der Waals surface area contributed by atoms with Crippen molar-refractivity contribution in [1.29, 1.82) is 0 Å². The van der Waals surface area contributed by atoms with E-state index in [-0.39, 0.29) is 34.7 Å². The van der Waals surface area contributed by atoms with Crippen molar-refractivity contribution in [3.8, 4) is 0 Å². The third-order valence-electron chi connectivity index (χ3n) is 12.4. The van der Waals surface area contributed by atoms with Crippen LogP contribution in [0.15, 0.2) is 57.9 Å². The van der Waals surface area contributed by atoms with Crippen molar-refractivity contribution in [2.45, 2.75) is 62.8 Å². The Hall–Kier alpha value is -4.56. The molecule has 3 atom stereocenters. The Bertz CT molecular complexity index is 2150. The van der Waals surface area contributed by atoms with Crippen molar-refractivity contribution in [1.82, 2.24) is 34.7 Å². The molecular formula is C40H48BrN9O4. The Kier molecular flexibility index (Phi) is 9.84. The number of aryl methyl sites for hydroxylation is 2. The van der Waals surface area contributed by atoms with Gasteiger partial charge in [0, 0.05) is 82.5 Å². The summed E-state index contributed by atoms with van der Waals surface area (Å²) < 4.78 is 3.66. The van der Waals surface area contributed by atoms with Crippen molar-refractivity contribution in [3.05, 3.63) is 80.3 Å². The van der Waals surface area contributed by atoms with E-state index in [1.165, 1.54) is 10.2 Å². The smallest absolute Gasteiger partial charge is 0.282 e. The molecule has 8 rings (SSSR count). The number of rotatable bonds is 6. The topological polar surface area (TPSA) is 138 Å². The van der Waals surface area contributed by atoms with Gasteiger partial charge in [-0.25, -0.2) is 4.68 Å². The average Bonchev–Trinajstić information content (AvgIpc) is 3.50. The van der Waals surface area contributed by atoms with Crippen LogP contribution in [0.2, 0.25) is 0 Å². The van der Waals surface area contributed by atoms with Crippen LogP contribution in [0.1, 0.15) is 78.4 Å². The fourth-order valence-corrected chi connectivity index (χ4v) is 9.66. The van der Waals surface area contributed by atoms with Crippen LogP contribution in [0.25, 0.3) is 10.9 Å². The summed E-state index contributed by atoms with van der Waals surface area (Å²) in [6, 6.07) is 14.8. The monoisotopic (exact) mass is 797 g/mol. The minimum atomic E-state index is -0.411. The highest BCUT2D eigenvalue weighted by atomic mass is 79.9. The minimum absolute atomic E-state index is 0.110. The number of benzene rings is 2. The van der Waals surface area contributed by atoms with Gasteiger partial charge in [-0.15, -0.1) is 0 Å². The van der Waals surface area contributed by atoms with E-state index >= 15 is 0 Å². The molecule has 14 heteroatoms. The number of piperidine rings is 4. The summed E-state index contributed by atoms with van der Waals surface area (Å²) in [4.78, 5) is 57.1. The molecule has 2 aromatic heterocycles. The predicted octanol–water partition coefficient (Wildman–Crippen LogP) is 4.37. The number of nitrogens with zero attached hydrogens (tertiary/aromatic N) is 7. The Morgan fingerprint density at radius 2 is 1.65 bits per heavy atom. The number of amides is 3. The van der Waals surface area contributed by atoms with Crippen molar-refractivity contribution >= 4 is 55.9 Å². The lowest BCUT2D eigenvalue weighted by Crippen LogP contribution is -2.48. The predicted molar refractivity (Wildman–Crippen MR) is 211 cm³/mol. The third kappa shape index (κ3) is 7.05. The van der Waals surface area contributed by atoms with Gasteiger partial charge in [0.2, 0.25) is 11.8 Å². The van der Waals surface area contributed by atoms with Gasteiger partial charge < -0.3 is 20.0 Å². The fourth-order valence-electron chi connectivity index (χ4n) is 9.18. The van der Waals surface area contributed by atoms with E-state index in [1.807, 2.05) is 28.8 Å². The summed E-state index contributed by atoms with van der Waals surface area (Å²) in [6.45, 7) is 5.26. The highest BCUT2D eigenvalue weighted by Gasteiger charge is 2.39. The second-order valence-electron chi connectivity index (χ2n) is 15.9. The van der Waals surface area contributed by atoms with Crippen LogP contribution >= 0.6 is 15.9 Å². The maximum absolute atomic E-state index is 13.7. The van der Waals surface area contributed by atoms with E-state index in [0.29, 0.717) is 28.9 Å². The normalized spacial score (nSPS) is 23.5. The first kappa shape index (κ1) is 36.4. The molecule has 0 radical (unpaired) electrons. The number of aromatic nitrogens is 4. The minimum Gasteiger partial charge on any atom is -0.379 e. The Morgan fingerprint density at radius 3 is 2.37 bits per heavy atom. The van der Waals surface area contributed by atoms with Crippen molar-refractivity contribution < 1.29 is 14.4 Å². The SMILES string of the molecule is CN1CC(Nc2cnn(C)c(=O)c2Br)CC(c2ccc(C(=O)N3CCC4(CC3)CCN(c3ccc5c(C6CCC(=O)NC6=O)nn(C)c5c3)CC4)cc2)C1. The molecule has 1 spiro atoms. The zero-order valence-corrected chi connectivity index (χ0v) is 32.8. The van der Waals surface area contributed by atoms with Gasteiger partial charge in [0.25, 0.3) is 11.5 Å². The molecule has 3 amide bonds. The molecule has 0 bridgehead atoms. The lowest BCUT2D eigenvalue weighted by molar-refractivity contribution is -0.134. The molecule has 4 aromatic rings. The van der Waals surface area contributed by atoms with Crippen LogP contribution in [0.4, 0.5) is 11.4 Å². The highest BCUT2D eigenvalue weighted by molar-refractivity contribution is 9.10. The molecular weight excluding hydrogens is 750 g/mol. The molecule has 4 aliphatic heterocycles. The Balaban J connectivity index is 0.851. The highest BCUT2D eigenvalue weighted by Crippen LogP contribution is 2.43. The molecule has 284 valence electrons. The molecule has 0 saturated carbocycles. The summed E-state index contributed by atoms with van der Waals surface area (Å²) >= 11 is 3.44. The molecule has 3 unspecified atom stereocenters. The fraction of sp³-hybridized carbons (Fsp3) is 0.500. The number of hydrogen-bond acceptors (Lipinski definition) is 9. The first-order valence-electron chi connectivity index (χ1n) is 19.1. The number of imide groups is 1. The van der Waals surface area contributed by atoms with E-state index in [2.05, 4.69) is 78.8 Å². The zero-order chi connectivity index (χ0) is 37.7.